The maximum atomic E-state index is 11.2. The zero-order chi connectivity index (χ0) is 11.0. The number of nitrogens with two attached hydrogens (primary N) is 1. The molecule has 2 aromatic heterocycles. The Labute approximate surface area is 90.8 Å². The molecule has 0 unspecified atom stereocenters. The largest absolute Gasteiger partial charge is 0.394 e. The number of hydrogen-bond acceptors (Lipinski definition) is 4. The van der Waals surface area contributed by atoms with Crippen molar-refractivity contribution >= 4 is 17.0 Å². The minimum absolute atomic E-state index is 0.223. The predicted octanol–water partition coefficient (Wildman–Crippen LogP) is 1.70. The molecule has 15 heavy (non-hydrogen) atoms. The molecule has 0 spiro atoms. The SMILES string of the molecule is Cc1nc(-c2cc(N)c(=O)[nH]c2C)cs1. The first-order valence-electron chi connectivity index (χ1n) is 4.50. The molecule has 0 bridgehead atoms. The van der Waals surface area contributed by atoms with Crippen LogP contribution in [0.4, 0.5) is 5.69 Å². The van der Waals surface area contributed by atoms with Crippen molar-refractivity contribution in [1.82, 2.24) is 9.97 Å². The molecule has 0 atom stereocenters. The molecule has 0 aliphatic rings. The number of hydrogen-bond donors (Lipinski definition) is 2. The molecule has 2 aromatic rings. The van der Waals surface area contributed by atoms with E-state index in [2.05, 4.69) is 9.97 Å². The van der Waals surface area contributed by atoms with Gasteiger partial charge in [-0.2, -0.15) is 0 Å². The number of rotatable bonds is 1. The summed E-state index contributed by atoms with van der Waals surface area (Å²) in [5.41, 5.74) is 8.08. The minimum atomic E-state index is -0.247. The van der Waals surface area contributed by atoms with Crippen LogP contribution in [0, 0.1) is 13.8 Å². The van der Waals surface area contributed by atoms with Crippen molar-refractivity contribution in [3.05, 3.63) is 32.5 Å². The van der Waals surface area contributed by atoms with Gasteiger partial charge in [0.2, 0.25) is 0 Å². The molecular weight excluding hydrogens is 210 g/mol. The molecule has 0 aliphatic heterocycles. The first-order chi connectivity index (χ1) is 7.08. The van der Waals surface area contributed by atoms with E-state index in [1.54, 1.807) is 17.4 Å². The standard InChI is InChI=1S/C10H11N3OS/c1-5-7(3-8(11)10(14)12-5)9-4-15-6(2)13-9/h3-4H,11H2,1-2H3,(H,12,14). The van der Waals surface area contributed by atoms with Crippen LogP contribution in [0.5, 0.6) is 0 Å². The number of pyridine rings is 1. The van der Waals surface area contributed by atoms with Crippen molar-refractivity contribution in [2.45, 2.75) is 13.8 Å². The van der Waals surface area contributed by atoms with Crippen molar-refractivity contribution < 1.29 is 0 Å². The van der Waals surface area contributed by atoms with Gasteiger partial charge in [0.25, 0.3) is 5.56 Å². The summed E-state index contributed by atoms with van der Waals surface area (Å²) in [4.78, 5) is 18.3. The molecule has 2 heterocycles. The van der Waals surface area contributed by atoms with Crippen LogP contribution in [0.15, 0.2) is 16.2 Å². The van der Waals surface area contributed by atoms with E-state index in [0.717, 1.165) is 22.0 Å². The second-order valence-electron chi connectivity index (χ2n) is 3.34. The van der Waals surface area contributed by atoms with Gasteiger partial charge in [0.05, 0.1) is 16.4 Å². The molecule has 0 amide bonds. The van der Waals surface area contributed by atoms with Gasteiger partial charge in [-0.05, 0) is 19.9 Å². The minimum Gasteiger partial charge on any atom is -0.394 e. The van der Waals surface area contributed by atoms with Gasteiger partial charge >= 0.3 is 0 Å². The van der Waals surface area contributed by atoms with E-state index in [4.69, 9.17) is 5.73 Å². The summed E-state index contributed by atoms with van der Waals surface area (Å²) in [6.45, 7) is 3.78. The van der Waals surface area contributed by atoms with Crippen LogP contribution >= 0.6 is 11.3 Å². The number of aryl methyl sites for hydroxylation is 2. The van der Waals surface area contributed by atoms with Crippen LogP contribution in [0.25, 0.3) is 11.3 Å². The van der Waals surface area contributed by atoms with Gasteiger partial charge in [-0.3, -0.25) is 4.79 Å². The van der Waals surface area contributed by atoms with E-state index in [9.17, 15) is 4.79 Å². The van der Waals surface area contributed by atoms with Crippen LogP contribution in [0.1, 0.15) is 10.7 Å². The molecule has 2 rings (SSSR count). The van der Waals surface area contributed by atoms with Crippen LogP contribution in [-0.4, -0.2) is 9.97 Å². The van der Waals surface area contributed by atoms with Gasteiger partial charge in [-0.1, -0.05) is 0 Å². The highest BCUT2D eigenvalue weighted by atomic mass is 32.1. The lowest BCUT2D eigenvalue weighted by atomic mass is 10.1. The zero-order valence-corrected chi connectivity index (χ0v) is 9.31. The van der Waals surface area contributed by atoms with Crippen molar-refractivity contribution in [2.24, 2.45) is 0 Å². The molecule has 0 saturated heterocycles. The lowest BCUT2D eigenvalue weighted by Gasteiger charge is -2.03. The van der Waals surface area contributed by atoms with Crippen molar-refractivity contribution in [2.75, 3.05) is 5.73 Å². The van der Waals surface area contributed by atoms with Crippen LogP contribution < -0.4 is 11.3 Å². The number of nitrogens with one attached hydrogen (secondary N) is 1. The van der Waals surface area contributed by atoms with Gasteiger partial charge in [-0.15, -0.1) is 11.3 Å². The molecule has 4 nitrogen and oxygen atoms in total. The second-order valence-corrected chi connectivity index (χ2v) is 4.41. The Morgan fingerprint density at radius 3 is 2.80 bits per heavy atom. The Kier molecular flexibility index (Phi) is 2.32. The number of nitrogen functional groups attached to an aromatic ring is 1. The van der Waals surface area contributed by atoms with Crippen LogP contribution in [0.2, 0.25) is 0 Å². The molecule has 0 radical (unpaired) electrons. The molecular formula is C10H11N3OS. The Morgan fingerprint density at radius 2 is 2.20 bits per heavy atom. The summed E-state index contributed by atoms with van der Waals surface area (Å²) >= 11 is 1.57. The van der Waals surface area contributed by atoms with E-state index in [0.29, 0.717) is 0 Å². The monoisotopic (exact) mass is 221 g/mol. The fraction of sp³-hybridized carbons (Fsp3) is 0.200. The summed E-state index contributed by atoms with van der Waals surface area (Å²) < 4.78 is 0. The molecule has 0 aromatic carbocycles. The van der Waals surface area contributed by atoms with E-state index in [1.807, 2.05) is 19.2 Å². The Morgan fingerprint density at radius 1 is 1.47 bits per heavy atom. The number of H-pyrrole nitrogens is 1. The van der Waals surface area contributed by atoms with Gasteiger partial charge in [0.15, 0.2) is 0 Å². The fourth-order valence-corrected chi connectivity index (χ4v) is 2.01. The zero-order valence-electron chi connectivity index (χ0n) is 8.50. The maximum absolute atomic E-state index is 11.2. The normalized spacial score (nSPS) is 10.5. The molecule has 78 valence electrons. The van der Waals surface area contributed by atoms with Crippen molar-refractivity contribution in [1.29, 1.82) is 0 Å². The van der Waals surface area contributed by atoms with Gasteiger partial charge in [0.1, 0.15) is 0 Å². The number of aromatic nitrogens is 2. The van der Waals surface area contributed by atoms with E-state index in [1.165, 1.54) is 0 Å². The predicted molar refractivity (Wildman–Crippen MR) is 62.1 cm³/mol. The highest BCUT2D eigenvalue weighted by Crippen LogP contribution is 2.23. The smallest absolute Gasteiger partial charge is 0.271 e. The van der Waals surface area contributed by atoms with Crippen molar-refractivity contribution in [3.8, 4) is 11.3 Å². The molecule has 5 heteroatoms. The van der Waals surface area contributed by atoms with Crippen LogP contribution in [-0.2, 0) is 0 Å². The quantitative estimate of drug-likeness (QED) is 0.769. The maximum Gasteiger partial charge on any atom is 0.271 e. The summed E-state index contributed by atoms with van der Waals surface area (Å²) in [6.07, 6.45) is 0. The lowest BCUT2D eigenvalue weighted by molar-refractivity contribution is 1.14. The first kappa shape index (κ1) is 9.92. The van der Waals surface area contributed by atoms with E-state index >= 15 is 0 Å². The second kappa shape index (κ2) is 3.51. The highest BCUT2D eigenvalue weighted by Gasteiger charge is 2.08. The van der Waals surface area contributed by atoms with E-state index < -0.39 is 0 Å². The average molecular weight is 221 g/mol. The van der Waals surface area contributed by atoms with E-state index in [-0.39, 0.29) is 11.2 Å². The Hall–Kier alpha value is -1.62. The average Bonchev–Trinajstić information content (AvgIpc) is 2.58. The highest BCUT2D eigenvalue weighted by molar-refractivity contribution is 7.09. The topological polar surface area (TPSA) is 71.8 Å². The molecule has 0 fully saturated rings. The lowest BCUT2D eigenvalue weighted by Crippen LogP contribution is -2.13. The number of anilines is 1. The molecule has 0 saturated carbocycles. The third-order valence-corrected chi connectivity index (χ3v) is 2.94. The van der Waals surface area contributed by atoms with Crippen molar-refractivity contribution in [3.63, 3.8) is 0 Å². The van der Waals surface area contributed by atoms with Crippen LogP contribution in [0.3, 0.4) is 0 Å². The first-order valence-corrected chi connectivity index (χ1v) is 5.38. The summed E-state index contributed by atoms with van der Waals surface area (Å²) in [5.74, 6) is 0. The summed E-state index contributed by atoms with van der Waals surface area (Å²) in [7, 11) is 0. The number of nitrogens with zero attached hydrogens (tertiary/aromatic N) is 1. The third-order valence-electron chi connectivity index (χ3n) is 2.16. The van der Waals surface area contributed by atoms with Gasteiger partial charge < -0.3 is 10.7 Å². The van der Waals surface area contributed by atoms with Gasteiger partial charge in [0, 0.05) is 16.6 Å². The summed E-state index contributed by atoms with van der Waals surface area (Å²) in [6, 6.07) is 1.67. The molecule has 0 aliphatic carbocycles. The summed E-state index contributed by atoms with van der Waals surface area (Å²) in [5, 5.41) is 2.95. The fourth-order valence-electron chi connectivity index (χ4n) is 1.39. The Bertz CT molecular complexity index is 556. The third kappa shape index (κ3) is 1.78. The Balaban J connectivity index is 2.63. The molecule has 3 N–H and O–H groups in total. The number of aromatic amines is 1. The number of thiazole rings is 1. The van der Waals surface area contributed by atoms with Gasteiger partial charge in [-0.25, -0.2) is 4.98 Å².